The number of nitro groups is 1. The highest BCUT2D eigenvalue weighted by Crippen LogP contribution is 2.29. The van der Waals surface area contributed by atoms with E-state index in [0.29, 0.717) is 17.8 Å². The van der Waals surface area contributed by atoms with E-state index in [-0.39, 0.29) is 21.9 Å². The first-order chi connectivity index (χ1) is 10.5. The van der Waals surface area contributed by atoms with Crippen molar-refractivity contribution < 1.29 is 18.1 Å². The van der Waals surface area contributed by atoms with Crippen LogP contribution in [-0.4, -0.2) is 26.0 Å². The molecule has 0 amide bonds. The summed E-state index contributed by atoms with van der Waals surface area (Å²) in [6.45, 7) is 0.114. The van der Waals surface area contributed by atoms with Crippen LogP contribution >= 0.6 is 11.3 Å². The van der Waals surface area contributed by atoms with Gasteiger partial charge in [-0.05, 0) is 29.0 Å². The molecule has 0 fully saturated rings. The number of fused-ring (bicyclic) bond motifs is 1. The molecule has 1 atom stereocenters. The summed E-state index contributed by atoms with van der Waals surface area (Å²) in [7, 11) is -3.76. The molecule has 9 heteroatoms. The van der Waals surface area contributed by atoms with E-state index in [4.69, 9.17) is 4.74 Å². The quantitative estimate of drug-likeness (QED) is 0.662. The minimum Gasteiger partial charge on any atom is -0.488 e. The van der Waals surface area contributed by atoms with Gasteiger partial charge >= 0.3 is 5.00 Å². The summed E-state index contributed by atoms with van der Waals surface area (Å²) >= 11 is 0.627. The van der Waals surface area contributed by atoms with Gasteiger partial charge in [-0.15, -0.1) is 0 Å². The van der Waals surface area contributed by atoms with Crippen molar-refractivity contribution in [2.24, 2.45) is 0 Å². The second kappa shape index (κ2) is 5.67. The highest BCUT2D eigenvalue weighted by Gasteiger charge is 2.26. The Kier molecular flexibility index (Phi) is 3.85. The minimum absolute atomic E-state index is 0.0743. The Morgan fingerprint density at radius 3 is 2.77 bits per heavy atom. The predicted molar refractivity (Wildman–Crippen MR) is 80.7 cm³/mol. The van der Waals surface area contributed by atoms with Crippen molar-refractivity contribution in [2.45, 2.75) is 16.7 Å². The Labute approximate surface area is 130 Å². The SMILES string of the molecule is O=[N+]([O-])c1ccc(S(=O)(=O)NC[C@H]2Cc3ccccc3O2)s1. The molecule has 0 unspecified atom stereocenters. The Bertz CT molecular complexity index is 790. The van der Waals surface area contributed by atoms with Gasteiger partial charge in [0.15, 0.2) is 0 Å². The van der Waals surface area contributed by atoms with Gasteiger partial charge in [-0.25, -0.2) is 13.1 Å². The maximum absolute atomic E-state index is 12.1. The zero-order valence-electron chi connectivity index (χ0n) is 11.3. The Morgan fingerprint density at radius 2 is 2.09 bits per heavy atom. The van der Waals surface area contributed by atoms with Crippen molar-refractivity contribution in [2.75, 3.05) is 6.54 Å². The lowest BCUT2D eigenvalue weighted by Crippen LogP contribution is -2.34. The molecule has 1 aromatic heterocycles. The van der Waals surface area contributed by atoms with Crippen LogP contribution in [0.4, 0.5) is 5.00 Å². The molecule has 2 heterocycles. The van der Waals surface area contributed by atoms with E-state index in [1.165, 1.54) is 12.1 Å². The van der Waals surface area contributed by atoms with Crippen LogP contribution in [0.5, 0.6) is 5.75 Å². The lowest BCUT2D eigenvalue weighted by molar-refractivity contribution is -0.380. The van der Waals surface area contributed by atoms with Gasteiger partial charge in [0.05, 0.1) is 4.92 Å². The average molecular weight is 340 g/mol. The molecule has 0 saturated carbocycles. The number of para-hydroxylation sites is 1. The molecule has 0 spiro atoms. The minimum atomic E-state index is -3.76. The Hall–Kier alpha value is -1.97. The highest BCUT2D eigenvalue weighted by atomic mass is 32.2. The molecule has 22 heavy (non-hydrogen) atoms. The van der Waals surface area contributed by atoms with Crippen LogP contribution in [0.1, 0.15) is 5.56 Å². The third kappa shape index (κ3) is 2.96. The smallest absolute Gasteiger partial charge is 0.325 e. The van der Waals surface area contributed by atoms with Crippen LogP contribution in [0.25, 0.3) is 0 Å². The molecular weight excluding hydrogens is 328 g/mol. The number of hydrogen-bond acceptors (Lipinski definition) is 6. The summed E-state index contributed by atoms with van der Waals surface area (Å²) in [5, 5.41) is 10.4. The molecule has 0 aliphatic carbocycles. The van der Waals surface area contributed by atoms with Crippen molar-refractivity contribution in [3.8, 4) is 5.75 Å². The second-order valence-corrected chi connectivity index (χ2v) is 7.81. The monoisotopic (exact) mass is 340 g/mol. The lowest BCUT2D eigenvalue weighted by Gasteiger charge is -2.11. The van der Waals surface area contributed by atoms with E-state index in [9.17, 15) is 18.5 Å². The molecule has 7 nitrogen and oxygen atoms in total. The molecule has 3 rings (SSSR count). The summed E-state index contributed by atoms with van der Waals surface area (Å²) in [4.78, 5) is 10.0. The number of rotatable bonds is 5. The van der Waals surface area contributed by atoms with E-state index >= 15 is 0 Å². The van der Waals surface area contributed by atoms with Gasteiger partial charge in [0.25, 0.3) is 0 Å². The van der Waals surface area contributed by atoms with Crippen molar-refractivity contribution in [3.05, 3.63) is 52.1 Å². The summed E-state index contributed by atoms with van der Waals surface area (Å²) in [6.07, 6.45) is 0.352. The maximum Gasteiger partial charge on any atom is 0.325 e. The molecule has 0 saturated heterocycles. The third-order valence-electron chi connectivity index (χ3n) is 3.23. The van der Waals surface area contributed by atoms with Gasteiger partial charge in [-0.1, -0.05) is 18.2 Å². The molecule has 1 aliphatic rings. The fourth-order valence-corrected chi connectivity index (χ4v) is 4.41. The first-order valence-electron chi connectivity index (χ1n) is 6.44. The molecule has 1 aliphatic heterocycles. The molecule has 1 aromatic carbocycles. The summed E-state index contributed by atoms with van der Waals surface area (Å²) in [5.74, 6) is 0.762. The normalized spacial score (nSPS) is 17.0. The van der Waals surface area contributed by atoms with Gasteiger partial charge in [-0.2, -0.15) is 0 Å². The van der Waals surface area contributed by atoms with E-state index in [2.05, 4.69) is 4.72 Å². The first-order valence-corrected chi connectivity index (χ1v) is 8.74. The zero-order valence-corrected chi connectivity index (χ0v) is 12.9. The maximum atomic E-state index is 12.1. The summed E-state index contributed by atoms with van der Waals surface area (Å²) in [6, 6.07) is 9.95. The predicted octanol–water partition coefficient (Wildman–Crippen LogP) is 1.94. The van der Waals surface area contributed by atoms with Crippen LogP contribution in [0.3, 0.4) is 0 Å². The van der Waals surface area contributed by atoms with E-state index in [1.54, 1.807) is 0 Å². The third-order valence-corrected chi connectivity index (χ3v) is 6.18. The first kappa shape index (κ1) is 14.9. The van der Waals surface area contributed by atoms with Gasteiger partial charge in [0, 0.05) is 19.0 Å². The topological polar surface area (TPSA) is 98.5 Å². The van der Waals surface area contributed by atoms with Crippen LogP contribution in [0, 0.1) is 10.1 Å². The number of ether oxygens (including phenoxy) is 1. The van der Waals surface area contributed by atoms with Crippen molar-refractivity contribution in [1.82, 2.24) is 4.72 Å². The molecule has 0 radical (unpaired) electrons. The van der Waals surface area contributed by atoms with Crippen molar-refractivity contribution in [3.63, 3.8) is 0 Å². The van der Waals surface area contributed by atoms with E-state index < -0.39 is 14.9 Å². The van der Waals surface area contributed by atoms with Gasteiger partial charge in [0.1, 0.15) is 16.1 Å². The number of hydrogen-bond donors (Lipinski definition) is 1. The standard InChI is InChI=1S/C13H12N2O5S2/c16-15(17)12-5-6-13(21-12)22(18,19)14-8-10-7-9-3-1-2-4-11(9)20-10/h1-6,10,14H,7-8H2/t10-/m1/s1. The van der Waals surface area contributed by atoms with Crippen molar-refractivity contribution >= 4 is 26.4 Å². The fraction of sp³-hybridized carbons (Fsp3) is 0.231. The van der Waals surface area contributed by atoms with Crippen LogP contribution in [-0.2, 0) is 16.4 Å². The van der Waals surface area contributed by atoms with Crippen LogP contribution < -0.4 is 9.46 Å². The van der Waals surface area contributed by atoms with Crippen LogP contribution in [0.15, 0.2) is 40.6 Å². The number of sulfonamides is 1. The summed E-state index contributed by atoms with van der Waals surface area (Å²) < 4.78 is 32.3. The number of nitrogens with zero attached hydrogens (tertiary/aromatic N) is 1. The summed E-state index contributed by atoms with van der Waals surface area (Å²) in [5.41, 5.74) is 1.04. The fourth-order valence-electron chi connectivity index (χ4n) is 2.19. The van der Waals surface area contributed by atoms with E-state index in [0.717, 1.165) is 11.3 Å². The lowest BCUT2D eigenvalue weighted by atomic mass is 10.1. The molecule has 0 bridgehead atoms. The van der Waals surface area contributed by atoms with Gasteiger partial charge < -0.3 is 4.74 Å². The van der Waals surface area contributed by atoms with Gasteiger partial charge in [0.2, 0.25) is 10.0 Å². The zero-order chi connectivity index (χ0) is 15.7. The molecule has 1 N–H and O–H groups in total. The second-order valence-electron chi connectivity index (χ2n) is 4.75. The Morgan fingerprint density at radius 1 is 1.32 bits per heavy atom. The number of benzene rings is 1. The molecular formula is C13H12N2O5S2. The number of thiophene rings is 1. The average Bonchev–Trinajstić information content (AvgIpc) is 3.12. The van der Waals surface area contributed by atoms with Gasteiger partial charge in [-0.3, -0.25) is 10.1 Å². The van der Waals surface area contributed by atoms with Crippen molar-refractivity contribution in [1.29, 1.82) is 0 Å². The molecule has 2 aromatic rings. The van der Waals surface area contributed by atoms with E-state index in [1.807, 2.05) is 24.3 Å². The van der Waals surface area contributed by atoms with Crippen LogP contribution in [0.2, 0.25) is 0 Å². The molecule has 116 valence electrons. The number of nitrogens with one attached hydrogen (secondary N) is 1. The highest BCUT2D eigenvalue weighted by molar-refractivity contribution is 7.91. The Balaban J connectivity index is 1.65. The largest absolute Gasteiger partial charge is 0.488 e.